The molecule has 1 aliphatic heterocycles. The molecular weight excluding hydrogens is 268 g/mol. The first-order chi connectivity index (χ1) is 10.2. The van der Waals surface area contributed by atoms with Crippen LogP contribution in [0, 0.1) is 5.92 Å². The maximum absolute atomic E-state index is 12.0. The monoisotopic (exact) mass is 292 g/mol. The highest BCUT2D eigenvalue weighted by atomic mass is 16.5. The molecule has 0 spiro atoms. The average Bonchev–Trinajstić information content (AvgIpc) is 2.49. The highest BCUT2D eigenvalue weighted by Crippen LogP contribution is 2.26. The molecule has 5 heteroatoms. The van der Waals surface area contributed by atoms with E-state index in [1.165, 1.54) is 0 Å². The summed E-state index contributed by atoms with van der Waals surface area (Å²) in [5.41, 5.74) is 0. The van der Waals surface area contributed by atoms with Crippen molar-refractivity contribution in [1.29, 1.82) is 0 Å². The number of amides is 1. The summed E-state index contributed by atoms with van der Waals surface area (Å²) < 4.78 is 11.0. The Morgan fingerprint density at radius 2 is 2.05 bits per heavy atom. The molecule has 1 heterocycles. The van der Waals surface area contributed by atoms with E-state index < -0.39 is 0 Å². The molecule has 1 aromatic carbocycles. The van der Waals surface area contributed by atoms with Crippen LogP contribution in [0.15, 0.2) is 24.3 Å². The van der Waals surface area contributed by atoms with Crippen LogP contribution < -0.4 is 20.1 Å². The Balaban J connectivity index is 1.83. The van der Waals surface area contributed by atoms with Crippen molar-refractivity contribution in [2.24, 2.45) is 5.92 Å². The van der Waals surface area contributed by atoms with E-state index >= 15 is 0 Å². The van der Waals surface area contributed by atoms with Gasteiger partial charge in [0.15, 0.2) is 18.1 Å². The summed E-state index contributed by atoms with van der Waals surface area (Å²) in [7, 11) is 0. The van der Waals surface area contributed by atoms with Crippen molar-refractivity contribution in [1.82, 2.24) is 10.6 Å². The van der Waals surface area contributed by atoms with Gasteiger partial charge in [0.05, 0.1) is 6.61 Å². The van der Waals surface area contributed by atoms with E-state index in [2.05, 4.69) is 17.6 Å². The number of hydrogen-bond acceptors (Lipinski definition) is 4. The highest BCUT2D eigenvalue weighted by Gasteiger charge is 2.22. The maximum Gasteiger partial charge on any atom is 0.258 e. The molecule has 1 saturated heterocycles. The SMILES string of the molecule is CCOc1ccccc1OCC(=O)NC1CCNCC1C. The van der Waals surface area contributed by atoms with Gasteiger partial charge < -0.3 is 20.1 Å². The van der Waals surface area contributed by atoms with Gasteiger partial charge in [0.2, 0.25) is 0 Å². The van der Waals surface area contributed by atoms with E-state index in [0.29, 0.717) is 24.0 Å². The molecule has 1 fully saturated rings. The van der Waals surface area contributed by atoms with E-state index in [-0.39, 0.29) is 18.6 Å². The largest absolute Gasteiger partial charge is 0.490 e. The third-order valence-corrected chi connectivity index (χ3v) is 3.64. The minimum Gasteiger partial charge on any atom is -0.490 e. The lowest BCUT2D eigenvalue weighted by Gasteiger charge is -2.30. The van der Waals surface area contributed by atoms with Crippen molar-refractivity contribution in [3.05, 3.63) is 24.3 Å². The maximum atomic E-state index is 12.0. The lowest BCUT2D eigenvalue weighted by Crippen LogP contribution is -2.49. The lowest BCUT2D eigenvalue weighted by atomic mass is 9.95. The van der Waals surface area contributed by atoms with E-state index in [0.717, 1.165) is 19.5 Å². The molecule has 2 N–H and O–H groups in total. The van der Waals surface area contributed by atoms with Crippen molar-refractivity contribution in [3.63, 3.8) is 0 Å². The summed E-state index contributed by atoms with van der Waals surface area (Å²) >= 11 is 0. The topological polar surface area (TPSA) is 59.6 Å². The van der Waals surface area contributed by atoms with Gasteiger partial charge in [-0.15, -0.1) is 0 Å². The zero-order chi connectivity index (χ0) is 15.1. The number of piperidine rings is 1. The van der Waals surface area contributed by atoms with Crippen LogP contribution in [-0.4, -0.2) is 38.3 Å². The Bertz CT molecular complexity index is 465. The summed E-state index contributed by atoms with van der Waals surface area (Å²) in [4.78, 5) is 12.0. The van der Waals surface area contributed by atoms with Crippen molar-refractivity contribution in [2.75, 3.05) is 26.3 Å². The number of para-hydroxylation sites is 2. The molecule has 1 aliphatic rings. The summed E-state index contributed by atoms with van der Waals surface area (Å²) in [5, 5.41) is 6.36. The smallest absolute Gasteiger partial charge is 0.258 e. The normalized spacial score (nSPS) is 21.6. The van der Waals surface area contributed by atoms with Crippen LogP contribution in [-0.2, 0) is 4.79 Å². The van der Waals surface area contributed by atoms with Gasteiger partial charge in [-0.1, -0.05) is 19.1 Å². The Morgan fingerprint density at radius 3 is 2.71 bits per heavy atom. The molecule has 116 valence electrons. The predicted molar refractivity (Wildman–Crippen MR) is 81.7 cm³/mol. The Hall–Kier alpha value is -1.75. The van der Waals surface area contributed by atoms with E-state index in [1.54, 1.807) is 0 Å². The van der Waals surface area contributed by atoms with Crippen LogP contribution in [0.1, 0.15) is 20.3 Å². The van der Waals surface area contributed by atoms with Gasteiger partial charge in [-0.05, 0) is 44.5 Å². The third-order valence-electron chi connectivity index (χ3n) is 3.64. The molecule has 1 amide bonds. The first-order valence-corrected chi connectivity index (χ1v) is 7.55. The van der Waals surface area contributed by atoms with Crippen LogP contribution in [0.5, 0.6) is 11.5 Å². The Morgan fingerprint density at radius 1 is 1.33 bits per heavy atom. The fourth-order valence-electron chi connectivity index (χ4n) is 2.46. The Labute approximate surface area is 126 Å². The van der Waals surface area contributed by atoms with Crippen LogP contribution in [0.3, 0.4) is 0 Å². The van der Waals surface area contributed by atoms with Crippen LogP contribution in [0.25, 0.3) is 0 Å². The van der Waals surface area contributed by atoms with Gasteiger partial charge in [0, 0.05) is 6.04 Å². The molecule has 0 aliphatic carbocycles. The molecular formula is C16H24N2O3. The number of carbonyl (C=O) groups is 1. The molecule has 21 heavy (non-hydrogen) atoms. The molecule has 2 rings (SSSR count). The van der Waals surface area contributed by atoms with Gasteiger partial charge in [0.1, 0.15) is 0 Å². The summed E-state index contributed by atoms with van der Waals surface area (Å²) in [5.74, 6) is 1.63. The summed E-state index contributed by atoms with van der Waals surface area (Å²) in [6.45, 7) is 6.53. The van der Waals surface area contributed by atoms with Crippen molar-refractivity contribution in [3.8, 4) is 11.5 Å². The number of carbonyl (C=O) groups excluding carboxylic acids is 1. The second-order valence-electron chi connectivity index (χ2n) is 5.31. The molecule has 2 unspecified atom stereocenters. The van der Waals surface area contributed by atoms with E-state index in [9.17, 15) is 4.79 Å². The first kappa shape index (κ1) is 15.6. The van der Waals surface area contributed by atoms with Crippen molar-refractivity contribution in [2.45, 2.75) is 26.3 Å². The predicted octanol–water partition coefficient (Wildman–Crippen LogP) is 1.58. The molecule has 0 bridgehead atoms. The quantitative estimate of drug-likeness (QED) is 0.836. The lowest BCUT2D eigenvalue weighted by molar-refractivity contribution is -0.124. The first-order valence-electron chi connectivity index (χ1n) is 7.55. The van der Waals surface area contributed by atoms with E-state index in [4.69, 9.17) is 9.47 Å². The summed E-state index contributed by atoms with van der Waals surface area (Å²) in [6, 6.07) is 7.63. The Kier molecular flexibility index (Phi) is 5.87. The zero-order valence-corrected chi connectivity index (χ0v) is 12.7. The van der Waals surface area contributed by atoms with Crippen LogP contribution in [0.2, 0.25) is 0 Å². The van der Waals surface area contributed by atoms with Crippen molar-refractivity contribution < 1.29 is 14.3 Å². The fourth-order valence-corrected chi connectivity index (χ4v) is 2.46. The fraction of sp³-hybridized carbons (Fsp3) is 0.562. The number of ether oxygens (including phenoxy) is 2. The molecule has 1 aromatic rings. The standard InChI is InChI=1S/C16H24N2O3/c1-3-20-14-6-4-5-7-15(14)21-11-16(19)18-13-8-9-17-10-12(13)2/h4-7,12-13,17H,3,8-11H2,1-2H3,(H,18,19). The average molecular weight is 292 g/mol. The molecule has 5 nitrogen and oxygen atoms in total. The van der Waals surface area contributed by atoms with Gasteiger partial charge >= 0.3 is 0 Å². The van der Waals surface area contributed by atoms with Crippen LogP contribution >= 0.6 is 0 Å². The minimum absolute atomic E-state index is 0.0146. The highest BCUT2D eigenvalue weighted by molar-refractivity contribution is 5.78. The summed E-state index contributed by atoms with van der Waals surface area (Å²) in [6.07, 6.45) is 0.961. The van der Waals surface area contributed by atoms with E-state index in [1.807, 2.05) is 31.2 Å². The molecule has 2 atom stereocenters. The molecule has 0 radical (unpaired) electrons. The number of benzene rings is 1. The second kappa shape index (κ2) is 7.88. The second-order valence-corrected chi connectivity index (χ2v) is 5.31. The third kappa shape index (κ3) is 4.63. The number of nitrogens with one attached hydrogen (secondary N) is 2. The van der Waals surface area contributed by atoms with Crippen molar-refractivity contribution >= 4 is 5.91 Å². The minimum atomic E-state index is -0.0833. The number of rotatable bonds is 6. The van der Waals surface area contributed by atoms with Gasteiger partial charge in [0.25, 0.3) is 5.91 Å². The zero-order valence-electron chi connectivity index (χ0n) is 12.7. The molecule has 0 saturated carbocycles. The van der Waals surface area contributed by atoms with Gasteiger partial charge in [-0.2, -0.15) is 0 Å². The van der Waals surface area contributed by atoms with Crippen LogP contribution in [0.4, 0.5) is 0 Å². The molecule has 0 aromatic heterocycles. The van der Waals surface area contributed by atoms with Gasteiger partial charge in [-0.25, -0.2) is 0 Å². The number of hydrogen-bond donors (Lipinski definition) is 2. The van der Waals surface area contributed by atoms with Gasteiger partial charge in [-0.3, -0.25) is 4.79 Å².